The van der Waals surface area contributed by atoms with Gasteiger partial charge in [0.05, 0.1) is 12.0 Å². The van der Waals surface area contributed by atoms with Gasteiger partial charge >= 0.3 is 5.97 Å². The minimum atomic E-state index is -3.77. The number of carbonyl (C=O) groups excluding carboxylic acids is 1. The molecule has 1 aromatic rings. The Morgan fingerprint density at radius 3 is 2.62 bits per heavy atom. The van der Waals surface area contributed by atoms with Gasteiger partial charge in [-0.2, -0.15) is 4.31 Å². The number of aryl methyl sites for hydroxylation is 1. The zero-order chi connectivity index (χ0) is 16.0. The molecule has 0 saturated carbocycles. The lowest BCUT2D eigenvalue weighted by molar-refractivity contribution is -0.140. The second kappa shape index (κ2) is 7.22. The van der Waals surface area contributed by atoms with E-state index >= 15 is 0 Å². The van der Waals surface area contributed by atoms with Crippen molar-refractivity contribution in [3.05, 3.63) is 29.3 Å². The Bertz CT molecular complexity index is 685. The molecule has 0 aliphatic heterocycles. The van der Waals surface area contributed by atoms with Crippen molar-refractivity contribution in [2.75, 3.05) is 27.3 Å². The molecule has 0 fully saturated rings. The molecule has 0 amide bonds. The first kappa shape index (κ1) is 17.2. The molecule has 6 nitrogen and oxygen atoms in total. The number of aliphatic hydroxyl groups excluding tert-OH is 1. The summed E-state index contributed by atoms with van der Waals surface area (Å²) in [4.78, 5) is 11.2. The van der Waals surface area contributed by atoms with Crippen molar-refractivity contribution in [1.82, 2.24) is 4.31 Å². The molecule has 0 aliphatic rings. The summed E-state index contributed by atoms with van der Waals surface area (Å²) in [6, 6.07) is 4.46. The molecular formula is C14H17NO5S. The number of hydrogen-bond acceptors (Lipinski definition) is 5. The van der Waals surface area contributed by atoms with Crippen LogP contribution >= 0.6 is 0 Å². The molecule has 1 aromatic carbocycles. The number of aliphatic hydroxyl groups is 1. The SMILES string of the molecule is COC(=O)CN(C)S(=O)(=O)c1ccc(C#CCO)c(C)c1. The largest absolute Gasteiger partial charge is 0.468 e. The molecule has 21 heavy (non-hydrogen) atoms. The number of methoxy groups -OCH3 is 1. The van der Waals surface area contributed by atoms with Crippen LogP contribution in [-0.4, -0.2) is 51.1 Å². The van der Waals surface area contributed by atoms with E-state index in [0.717, 1.165) is 4.31 Å². The molecule has 0 aliphatic carbocycles. The summed E-state index contributed by atoms with van der Waals surface area (Å²) in [6.07, 6.45) is 0. The number of nitrogens with zero attached hydrogens (tertiary/aromatic N) is 1. The summed E-state index contributed by atoms with van der Waals surface area (Å²) >= 11 is 0. The van der Waals surface area contributed by atoms with Crippen molar-refractivity contribution in [2.45, 2.75) is 11.8 Å². The molecule has 114 valence electrons. The molecule has 0 radical (unpaired) electrons. The van der Waals surface area contributed by atoms with E-state index < -0.39 is 16.0 Å². The fourth-order valence-corrected chi connectivity index (χ4v) is 2.78. The number of sulfonamides is 1. The van der Waals surface area contributed by atoms with Gasteiger partial charge in [-0.3, -0.25) is 4.79 Å². The van der Waals surface area contributed by atoms with Crippen LogP contribution in [0.4, 0.5) is 0 Å². The quantitative estimate of drug-likeness (QED) is 0.631. The average Bonchev–Trinajstić information content (AvgIpc) is 2.45. The molecule has 0 heterocycles. The summed E-state index contributed by atoms with van der Waals surface area (Å²) in [6.45, 7) is 1.10. The van der Waals surface area contributed by atoms with E-state index in [1.54, 1.807) is 13.0 Å². The fourth-order valence-electron chi connectivity index (χ4n) is 1.58. The predicted molar refractivity (Wildman–Crippen MR) is 77.0 cm³/mol. The maximum Gasteiger partial charge on any atom is 0.321 e. The van der Waals surface area contributed by atoms with Crippen molar-refractivity contribution in [3.63, 3.8) is 0 Å². The van der Waals surface area contributed by atoms with Crippen molar-refractivity contribution in [2.24, 2.45) is 0 Å². The maximum atomic E-state index is 12.3. The van der Waals surface area contributed by atoms with E-state index in [-0.39, 0.29) is 18.0 Å². The third-order valence-corrected chi connectivity index (χ3v) is 4.59. The highest BCUT2D eigenvalue weighted by molar-refractivity contribution is 7.89. The highest BCUT2D eigenvalue weighted by Gasteiger charge is 2.23. The fraction of sp³-hybridized carbons (Fsp3) is 0.357. The van der Waals surface area contributed by atoms with Crippen LogP contribution in [0.1, 0.15) is 11.1 Å². The Balaban J connectivity index is 3.10. The summed E-state index contributed by atoms with van der Waals surface area (Å²) in [5, 5.41) is 8.66. The van der Waals surface area contributed by atoms with Gasteiger partial charge in [0.15, 0.2) is 0 Å². The van der Waals surface area contributed by atoms with Crippen molar-refractivity contribution in [3.8, 4) is 11.8 Å². The summed E-state index contributed by atoms with van der Waals surface area (Å²) in [7, 11) is -1.27. The van der Waals surface area contributed by atoms with E-state index in [4.69, 9.17) is 5.11 Å². The molecule has 1 rings (SSSR count). The number of carbonyl (C=O) groups is 1. The van der Waals surface area contributed by atoms with Gasteiger partial charge in [0.25, 0.3) is 0 Å². The van der Waals surface area contributed by atoms with Crippen molar-refractivity contribution >= 4 is 16.0 Å². The molecule has 1 N–H and O–H groups in total. The highest BCUT2D eigenvalue weighted by Crippen LogP contribution is 2.18. The second-order valence-electron chi connectivity index (χ2n) is 4.27. The summed E-state index contributed by atoms with van der Waals surface area (Å²) < 4.78 is 30.0. The molecule has 7 heteroatoms. The van der Waals surface area contributed by atoms with E-state index in [2.05, 4.69) is 16.6 Å². The van der Waals surface area contributed by atoms with Gasteiger partial charge in [0, 0.05) is 12.6 Å². The first-order valence-corrected chi connectivity index (χ1v) is 7.50. The number of ether oxygens (including phenoxy) is 1. The Morgan fingerprint density at radius 2 is 2.10 bits per heavy atom. The topological polar surface area (TPSA) is 83.9 Å². The van der Waals surface area contributed by atoms with Crippen molar-refractivity contribution in [1.29, 1.82) is 0 Å². The lowest BCUT2D eigenvalue weighted by Crippen LogP contribution is -2.32. The number of likely N-dealkylation sites (N-methyl/N-ethyl adjacent to an activating group) is 1. The van der Waals surface area contributed by atoms with Crippen LogP contribution in [0.3, 0.4) is 0 Å². The first-order chi connectivity index (χ1) is 9.82. The maximum absolute atomic E-state index is 12.3. The Morgan fingerprint density at radius 1 is 1.43 bits per heavy atom. The van der Waals surface area contributed by atoms with E-state index in [1.807, 2.05) is 0 Å². The second-order valence-corrected chi connectivity index (χ2v) is 6.32. The van der Waals surface area contributed by atoms with Gasteiger partial charge in [-0.1, -0.05) is 11.8 Å². The normalized spacial score (nSPS) is 10.9. The van der Waals surface area contributed by atoms with Crippen molar-refractivity contribution < 1.29 is 23.1 Å². The van der Waals surface area contributed by atoms with Crippen LogP contribution in [0.15, 0.2) is 23.1 Å². The Hall–Kier alpha value is -1.88. The highest BCUT2D eigenvalue weighted by atomic mass is 32.2. The number of esters is 1. The van der Waals surface area contributed by atoms with Crippen LogP contribution < -0.4 is 0 Å². The average molecular weight is 311 g/mol. The zero-order valence-corrected chi connectivity index (χ0v) is 12.9. The van der Waals surface area contributed by atoms with Gasteiger partial charge in [-0.15, -0.1) is 0 Å². The standard InChI is InChI=1S/C14H17NO5S/c1-11-9-13(7-6-12(11)5-4-8-16)21(18,19)15(2)10-14(17)20-3/h6-7,9,16H,8,10H2,1-3H3. The smallest absolute Gasteiger partial charge is 0.321 e. The Labute approximate surface area is 124 Å². The van der Waals surface area contributed by atoms with Crippen LogP contribution in [0.25, 0.3) is 0 Å². The van der Waals surface area contributed by atoms with Crippen LogP contribution in [0.5, 0.6) is 0 Å². The predicted octanol–water partition coefficient (Wildman–Crippen LogP) is 0.132. The minimum absolute atomic E-state index is 0.0703. The Kier molecular flexibility index (Phi) is 5.90. The molecule has 0 aromatic heterocycles. The zero-order valence-electron chi connectivity index (χ0n) is 12.1. The van der Waals surface area contributed by atoms with Gasteiger partial charge < -0.3 is 9.84 Å². The molecule has 0 atom stereocenters. The molecular weight excluding hydrogens is 294 g/mol. The van der Waals surface area contributed by atoms with Gasteiger partial charge in [-0.05, 0) is 30.7 Å². The minimum Gasteiger partial charge on any atom is -0.468 e. The monoisotopic (exact) mass is 311 g/mol. The molecule has 0 saturated heterocycles. The number of hydrogen-bond donors (Lipinski definition) is 1. The summed E-state index contributed by atoms with van der Waals surface area (Å²) in [5.74, 6) is 4.60. The van der Waals surface area contributed by atoms with E-state index in [1.165, 1.54) is 26.3 Å². The first-order valence-electron chi connectivity index (χ1n) is 6.06. The third kappa shape index (κ3) is 4.29. The number of benzene rings is 1. The van der Waals surface area contributed by atoms with Crippen LogP contribution in [0, 0.1) is 18.8 Å². The van der Waals surface area contributed by atoms with Crippen LogP contribution in [0.2, 0.25) is 0 Å². The third-order valence-electron chi connectivity index (χ3n) is 2.79. The van der Waals surface area contributed by atoms with E-state index in [9.17, 15) is 13.2 Å². The van der Waals surface area contributed by atoms with Crippen LogP contribution in [-0.2, 0) is 19.6 Å². The van der Waals surface area contributed by atoms with Gasteiger partial charge in [-0.25, -0.2) is 8.42 Å². The lowest BCUT2D eigenvalue weighted by Gasteiger charge is -2.16. The lowest BCUT2D eigenvalue weighted by atomic mass is 10.1. The summed E-state index contributed by atoms with van der Waals surface area (Å²) in [5.41, 5.74) is 1.31. The molecule has 0 unspecified atom stereocenters. The number of rotatable bonds is 4. The molecule has 0 bridgehead atoms. The molecule has 0 spiro atoms. The van der Waals surface area contributed by atoms with E-state index in [0.29, 0.717) is 11.1 Å². The van der Waals surface area contributed by atoms with Gasteiger partial charge in [0.1, 0.15) is 13.2 Å². The van der Waals surface area contributed by atoms with Gasteiger partial charge in [0.2, 0.25) is 10.0 Å².